The van der Waals surface area contributed by atoms with E-state index in [1.54, 1.807) is 42.5 Å². The summed E-state index contributed by atoms with van der Waals surface area (Å²) in [5.41, 5.74) is 7.12. The lowest BCUT2D eigenvalue weighted by Gasteiger charge is -2.12. The largest absolute Gasteiger partial charge is 0.456 e. The van der Waals surface area contributed by atoms with Crippen LogP contribution < -0.4 is 15.8 Å². The molecule has 0 saturated heterocycles. The maximum absolute atomic E-state index is 12.0. The smallest absolute Gasteiger partial charge is 0.255 e. The fourth-order valence-corrected chi connectivity index (χ4v) is 1.82. The van der Waals surface area contributed by atoms with Crippen molar-refractivity contribution in [2.45, 2.75) is 6.92 Å². The molecule has 0 aliphatic carbocycles. The average Bonchev–Trinajstić information content (AvgIpc) is 2.48. The molecule has 0 aliphatic rings. The number of nitrogen functional groups attached to an aromatic ring is 1. The lowest BCUT2D eigenvalue weighted by molar-refractivity contribution is 0.0953. The molecule has 2 rings (SSSR count). The third kappa shape index (κ3) is 3.51. The van der Waals surface area contributed by atoms with Crippen LogP contribution in [-0.4, -0.2) is 12.5 Å². The van der Waals surface area contributed by atoms with Gasteiger partial charge in [-0.1, -0.05) is 6.07 Å². The SMILES string of the molecule is CCNC(=O)c1ccc(N)cc1Oc1cccc(C#N)c1. The van der Waals surface area contributed by atoms with Gasteiger partial charge in [0.1, 0.15) is 11.5 Å². The Morgan fingerprint density at radius 3 is 2.86 bits per heavy atom. The Morgan fingerprint density at radius 2 is 2.14 bits per heavy atom. The minimum atomic E-state index is -0.232. The Bertz CT molecular complexity index is 705. The first-order valence-corrected chi connectivity index (χ1v) is 6.49. The topological polar surface area (TPSA) is 88.1 Å². The van der Waals surface area contributed by atoms with Crippen molar-refractivity contribution >= 4 is 11.6 Å². The molecule has 2 aromatic rings. The Hall–Kier alpha value is -3.00. The van der Waals surface area contributed by atoms with E-state index in [-0.39, 0.29) is 5.91 Å². The van der Waals surface area contributed by atoms with Gasteiger partial charge in [-0.15, -0.1) is 0 Å². The first kappa shape index (κ1) is 14.4. The number of anilines is 1. The number of benzene rings is 2. The second-order valence-electron chi connectivity index (χ2n) is 4.36. The van der Waals surface area contributed by atoms with Gasteiger partial charge in [0.2, 0.25) is 0 Å². The van der Waals surface area contributed by atoms with Crippen molar-refractivity contribution in [3.05, 3.63) is 53.6 Å². The molecule has 5 heteroatoms. The first-order chi connectivity index (χ1) is 10.1. The second kappa shape index (κ2) is 6.44. The molecule has 106 valence electrons. The molecule has 1 amide bonds. The van der Waals surface area contributed by atoms with Crippen molar-refractivity contribution in [3.63, 3.8) is 0 Å². The van der Waals surface area contributed by atoms with Crippen LogP contribution in [-0.2, 0) is 0 Å². The molecule has 21 heavy (non-hydrogen) atoms. The van der Waals surface area contributed by atoms with Crippen LogP contribution in [0, 0.1) is 11.3 Å². The van der Waals surface area contributed by atoms with E-state index < -0.39 is 0 Å². The van der Waals surface area contributed by atoms with Gasteiger partial charge in [0.05, 0.1) is 17.2 Å². The van der Waals surface area contributed by atoms with Crippen LogP contribution in [0.25, 0.3) is 0 Å². The monoisotopic (exact) mass is 281 g/mol. The Labute approximate surface area is 123 Å². The van der Waals surface area contributed by atoms with E-state index >= 15 is 0 Å². The molecule has 0 aromatic heterocycles. The highest BCUT2D eigenvalue weighted by molar-refractivity contribution is 5.97. The number of nitrogens with two attached hydrogens (primary N) is 1. The zero-order valence-electron chi connectivity index (χ0n) is 11.6. The zero-order chi connectivity index (χ0) is 15.2. The van der Waals surface area contributed by atoms with Gasteiger partial charge in [0.15, 0.2) is 0 Å². The number of nitriles is 1. The second-order valence-corrected chi connectivity index (χ2v) is 4.36. The molecule has 0 spiro atoms. The highest BCUT2D eigenvalue weighted by Crippen LogP contribution is 2.28. The predicted molar refractivity (Wildman–Crippen MR) is 80.1 cm³/mol. The molecular weight excluding hydrogens is 266 g/mol. The summed E-state index contributed by atoms with van der Waals surface area (Å²) in [5.74, 6) is 0.602. The third-order valence-corrected chi connectivity index (χ3v) is 2.78. The third-order valence-electron chi connectivity index (χ3n) is 2.78. The molecule has 0 atom stereocenters. The molecule has 0 saturated carbocycles. The number of nitrogens with one attached hydrogen (secondary N) is 1. The average molecular weight is 281 g/mol. The summed E-state index contributed by atoms with van der Waals surface area (Å²) in [5, 5.41) is 11.6. The van der Waals surface area contributed by atoms with Crippen molar-refractivity contribution < 1.29 is 9.53 Å². The van der Waals surface area contributed by atoms with Crippen molar-refractivity contribution in [2.75, 3.05) is 12.3 Å². The van der Waals surface area contributed by atoms with E-state index in [4.69, 9.17) is 15.7 Å². The lowest BCUT2D eigenvalue weighted by Crippen LogP contribution is -2.23. The van der Waals surface area contributed by atoms with Gasteiger partial charge in [-0.3, -0.25) is 4.79 Å². The zero-order valence-corrected chi connectivity index (χ0v) is 11.6. The van der Waals surface area contributed by atoms with Gasteiger partial charge in [-0.2, -0.15) is 5.26 Å². The molecule has 0 radical (unpaired) electrons. The maximum Gasteiger partial charge on any atom is 0.255 e. The van der Waals surface area contributed by atoms with Crippen molar-refractivity contribution in [1.82, 2.24) is 5.32 Å². The van der Waals surface area contributed by atoms with Crippen LogP contribution in [0.3, 0.4) is 0 Å². The Morgan fingerprint density at radius 1 is 1.33 bits per heavy atom. The number of hydrogen-bond acceptors (Lipinski definition) is 4. The Balaban J connectivity index is 2.36. The van der Waals surface area contributed by atoms with Gasteiger partial charge in [-0.25, -0.2) is 0 Å². The molecule has 2 aromatic carbocycles. The predicted octanol–water partition coefficient (Wildman–Crippen LogP) is 2.68. The van der Waals surface area contributed by atoms with E-state index in [9.17, 15) is 4.79 Å². The summed E-state index contributed by atoms with van der Waals surface area (Å²) in [6.45, 7) is 2.36. The number of nitrogens with zero attached hydrogens (tertiary/aromatic N) is 1. The van der Waals surface area contributed by atoms with Crippen LogP contribution in [0.5, 0.6) is 11.5 Å². The minimum absolute atomic E-state index is 0.232. The van der Waals surface area contributed by atoms with Crippen LogP contribution in [0.4, 0.5) is 5.69 Å². The van der Waals surface area contributed by atoms with Gasteiger partial charge < -0.3 is 15.8 Å². The molecule has 5 nitrogen and oxygen atoms in total. The van der Waals surface area contributed by atoms with E-state index in [0.717, 1.165) is 0 Å². The normalized spacial score (nSPS) is 9.71. The molecule has 0 bridgehead atoms. The molecule has 0 heterocycles. The quantitative estimate of drug-likeness (QED) is 0.843. The maximum atomic E-state index is 12.0. The fourth-order valence-electron chi connectivity index (χ4n) is 1.82. The molecule has 0 fully saturated rings. The summed E-state index contributed by atoms with van der Waals surface area (Å²) in [6.07, 6.45) is 0. The van der Waals surface area contributed by atoms with Crippen LogP contribution in [0.1, 0.15) is 22.8 Å². The number of carbonyl (C=O) groups excluding carboxylic acids is 1. The molecular formula is C16H15N3O2. The standard InChI is InChI=1S/C16H15N3O2/c1-2-19-16(20)14-7-6-12(18)9-15(14)21-13-5-3-4-11(8-13)10-17/h3-9H,2,18H2,1H3,(H,19,20). The summed E-state index contributed by atoms with van der Waals surface area (Å²) in [6, 6.07) is 13.6. The van der Waals surface area contributed by atoms with E-state index in [0.29, 0.717) is 34.9 Å². The van der Waals surface area contributed by atoms with Gasteiger partial charge in [0, 0.05) is 18.3 Å². The van der Waals surface area contributed by atoms with Crippen LogP contribution >= 0.6 is 0 Å². The number of ether oxygens (including phenoxy) is 1. The van der Waals surface area contributed by atoms with Crippen molar-refractivity contribution in [3.8, 4) is 17.6 Å². The lowest BCUT2D eigenvalue weighted by atomic mass is 10.1. The summed E-state index contributed by atoms with van der Waals surface area (Å²) >= 11 is 0. The number of amides is 1. The van der Waals surface area contributed by atoms with Crippen molar-refractivity contribution in [1.29, 1.82) is 5.26 Å². The van der Waals surface area contributed by atoms with E-state index in [1.807, 2.05) is 13.0 Å². The number of hydrogen-bond donors (Lipinski definition) is 2. The van der Waals surface area contributed by atoms with Gasteiger partial charge in [-0.05, 0) is 37.3 Å². The van der Waals surface area contributed by atoms with Crippen molar-refractivity contribution in [2.24, 2.45) is 0 Å². The first-order valence-electron chi connectivity index (χ1n) is 6.49. The Kier molecular flexibility index (Phi) is 4.42. The number of carbonyl (C=O) groups is 1. The summed E-state index contributed by atoms with van der Waals surface area (Å²) < 4.78 is 5.71. The van der Waals surface area contributed by atoms with Gasteiger partial charge >= 0.3 is 0 Å². The minimum Gasteiger partial charge on any atom is -0.456 e. The highest BCUT2D eigenvalue weighted by atomic mass is 16.5. The molecule has 0 aliphatic heterocycles. The van der Waals surface area contributed by atoms with Gasteiger partial charge in [0.25, 0.3) is 5.91 Å². The summed E-state index contributed by atoms with van der Waals surface area (Å²) in [4.78, 5) is 12.0. The molecule has 3 N–H and O–H groups in total. The van der Waals surface area contributed by atoms with Crippen LogP contribution in [0.15, 0.2) is 42.5 Å². The molecule has 0 unspecified atom stereocenters. The highest BCUT2D eigenvalue weighted by Gasteiger charge is 2.13. The number of rotatable bonds is 4. The summed E-state index contributed by atoms with van der Waals surface area (Å²) in [7, 11) is 0. The van der Waals surface area contributed by atoms with E-state index in [2.05, 4.69) is 5.32 Å². The van der Waals surface area contributed by atoms with E-state index in [1.165, 1.54) is 0 Å². The fraction of sp³-hybridized carbons (Fsp3) is 0.125. The van der Waals surface area contributed by atoms with Crippen LogP contribution in [0.2, 0.25) is 0 Å².